The van der Waals surface area contributed by atoms with Crippen molar-refractivity contribution >= 4 is 11.9 Å². The zero-order valence-corrected chi connectivity index (χ0v) is 7.46. The molecule has 2 aromatic rings. The molecular weight excluding hydrogens is 178 g/mol. The fourth-order valence-electron chi connectivity index (χ4n) is 1.04. The molecule has 5 nitrogen and oxygen atoms in total. The zero-order valence-electron chi connectivity index (χ0n) is 7.46. The number of hydrogen-bond acceptors (Lipinski definition) is 4. The summed E-state index contributed by atoms with van der Waals surface area (Å²) in [7, 11) is 0. The molecule has 2 heterocycles. The summed E-state index contributed by atoms with van der Waals surface area (Å²) in [5.41, 5.74) is 6.30. The third-order valence-electron chi connectivity index (χ3n) is 1.71. The Kier molecular flexibility index (Phi) is 1.98. The number of imidazole rings is 1. The van der Waals surface area contributed by atoms with E-state index in [0.29, 0.717) is 11.8 Å². The van der Waals surface area contributed by atoms with Crippen LogP contribution in [0.15, 0.2) is 31.4 Å². The van der Waals surface area contributed by atoms with Crippen LogP contribution in [0.25, 0.3) is 12.0 Å². The van der Waals surface area contributed by atoms with Gasteiger partial charge in [-0.25, -0.2) is 9.97 Å². The van der Waals surface area contributed by atoms with Crippen molar-refractivity contribution in [3.05, 3.63) is 37.1 Å². The van der Waals surface area contributed by atoms with Gasteiger partial charge in [-0.3, -0.25) is 4.57 Å². The van der Waals surface area contributed by atoms with Crippen LogP contribution in [0.1, 0.15) is 5.69 Å². The van der Waals surface area contributed by atoms with Crippen molar-refractivity contribution in [3.63, 3.8) is 0 Å². The van der Waals surface area contributed by atoms with E-state index in [1.165, 1.54) is 0 Å². The molecule has 5 heteroatoms. The lowest BCUT2D eigenvalue weighted by Gasteiger charge is -1.98. The molecule has 0 aliphatic rings. The van der Waals surface area contributed by atoms with E-state index >= 15 is 0 Å². The van der Waals surface area contributed by atoms with Crippen LogP contribution in [-0.4, -0.2) is 19.5 Å². The molecule has 0 radical (unpaired) electrons. The molecule has 0 saturated heterocycles. The van der Waals surface area contributed by atoms with Gasteiger partial charge in [-0.05, 0) is 12.1 Å². The Morgan fingerprint density at radius 1 is 1.43 bits per heavy atom. The fraction of sp³-hybridized carbons (Fsp3) is 0. The minimum atomic E-state index is 0.434. The van der Waals surface area contributed by atoms with Gasteiger partial charge in [0, 0.05) is 12.4 Å². The topological polar surface area (TPSA) is 69.6 Å². The highest BCUT2D eigenvalue weighted by Crippen LogP contribution is 2.05. The quantitative estimate of drug-likeness (QED) is 0.757. The second kappa shape index (κ2) is 3.29. The van der Waals surface area contributed by atoms with Crippen molar-refractivity contribution < 1.29 is 0 Å². The van der Waals surface area contributed by atoms with Gasteiger partial charge in [0.25, 0.3) is 0 Å². The molecule has 0 fully saturated rings. The lowest BCUT2D eigenvalue weighted by molar-refractivity contribution is 0.929. The van der Waals surface area contributed by atoms with Crippen molar-refractivity contribution in [2.75, 3.05) is 5.73 Å². The van der Waals surface area contributed by atoms with Gasteiger partial charge in [-0.2, -0.15) is 4.98 Å². The van der Waals surface area contributed by atoms with E-state index in [-0.39, 0.29) is 0 Å². The molecule has 0 spiro atoms. The van der Waals surface area contributed by atoms with Gasteiger partial charge in [0.1, 0.15) is 12.1 Å². The third-order valence-corrected chi connectivity index (χ3v) is 1.71. The predicted octanol–water partition coefficient (Wildman–Crippen LogP) is 0.887. The third kappa shape index (κ3) is 1.47. The van der Waals surface area contributed by atoms with E-state index in [1.54, 1.807) is 35.4 Å². The summed E-state index contributed by atoms with van der Waals surface area (Å²) in [4.78, 5) is 12.2. The maximum Gasteiger partial charge on any atom is 0.236 e. The molecule has 14 heavy (non-hydrogen) atoms. The highest BCUT2D eigenvalue weighted by molar-refractivity contribution is 5.41. The number of aromatic nitrogens is 4. The molecule has 0 amide bonds. The molecular formula is C9H9N5. The first-order chi connectivity index (χ1) is 6.79. The predicted molar refractivity (Wildman–Crippen MR) is 53.7 cm³/mol. The minimum absolute atomic E-state index is 0.434. The van der Waals surface area contributed by atoms with E-state index in [4.69, 9.17) is 5.73 Å². The van der Waals surface area contributed by atoms with Crippen molar-refractivity contribution in [3.8, 4) is 5.95 Å². The average Bonchev–Trinajstić information content (AvgIpc) is 2.66. The Bertz CT molecular complexity index is 460. The summed E-state index contributed by atoms with van der Waals surface area (Å²) in [6, 6.07) is 1.63. The fourth-order valence-corrected chi connectivity index (χ4v) is 1.04. The molecule has 0 saturated carbocycles. The van der Waals surface area contributed by atoms with E-state index in [1.807, 2.05) is 0 Å². The van der Waals surface area contributed by atoms with E-state index in [9.17, 15) is 0 Å². The Labute approximate surface area is 80.9 Å². The summed E-state index contributed by atoms with van der Waals surface area (Å²) in [5.74, 6) is 0.939. The molecule has 0 unspecified atom stereocenters. The molecule has 0 bridgehead atoms. The Morgan fingerprint density at radius 2 is 2.29 bits per heavy atom. The Morgan fingerprint density at radius 3 is 2.93 bits per heavy atom. The van der Waals surface area contributed by atoms with Crippen LogP contribution in [0.2, 0.25) is 0 Å². The largest absolute Gasteiger partial charge is 0.384 e. The highest BCUT2D eigenvalue weighted by atomic mass is 15.2. The van der Waals surface area contributed by atoms with Crippen LogP contribution < -0.4 is 5.73 Å². The minimum Gasteiger partial charge on any atom is -0.384 e. The molecule has 0 aromatic carbocycles. The number of nitrogens with zero attached hydrogens (tertiary/aromatic N) is 4. The summed E-state index contributed by atoms with van der Waals surface area (Å²) in [6.45, 7) is 3.61. The summed E-state index contributed by atoms with van der Waals surface area (Å²) in [5, 5.41) is 0. The first-order valence-electron chi connectivity index (χ1n) is 4.05. The molecule has 70 valence electrons. The van der Waals surface area contributed by atoms with E-state index in [0.717, 1.165) is 5.69 Å². The number of nitrogen functional groups attached to an aromatic ring is 1. The van der Waals surface area contributed by atoms with E-state index in [2.05, 4.69) is 21.5 Å². The summed E-state index contributed by atoms with van der Waals surface area (Å²) in [6.07, 6.45) is 6.65. The standard InChI is InChI=1S/C9H9N5/c1-2-7-5-14(6-12-7)9-11-4-3-8(10)13-9/h2-6H,1H2,(H2,10,11,13). The molecule has 0 atom stereocenters. The molecule has 2 aromatic heterocycles. The first-order valence-corrected chi connectivity index (χ1v) is 4.05. The van der Waals surface area contributed by atoms with Gasteiger partial charge in [0.2, 0.25) is 5.95 Å². The lowest BCUT2D eigenvalue weighted by atomic mass is 10.5. The Hall–Kier alpha value is -2.17. The molecule has 2 rings (SSSR count). The van der Waals surface area contributed by atoms with Crippen LogP contribution in [0.3, 0.4) is 0 Å². The van der Waals surface area contributed by atoms with Crippen molar-refractivity contribution in [1.82, 2.24) is 19.5 Å². The van der Waals surface area contributed by atoms with Gasteiger partial charge in [-0.1, -0.05) is 6.58 Å². The number of hydrogen-bond donors (Lipinski definition) is 1. The molecule has 2 N–H and O–H groups in total. The number of nitrogens with two attached hydrogens (primary N) is 1. The SMILES string of the molecule is C=Cc1cn(-c2nccc(N)n2)cn1. The van der Waals surface area contributed by atoms with Gasteiger partial charge < -0.3 is 5.73 Å². The maximum absolute atomic E-state index is 5.53. The van der Waals surface area contributed by atoms with Crippen LogP contribution in [-0.2, 0) is 0 Å². The maximum atomic E-state index is 5.53. The summed E-state index contributed by atoms with van der Waals surface area (Å²) >= 11 is 0. The average molecular weight is 187 g/mol. The van der Waals surface area contributed by atoms with Crippen molar-refractivity contribution in [2.45, 2.75) is 0 Å². The first kappa shape index (κ1) is 8.43. The normalized spacial score (nSPS) is 10.0. The lowest BCUT2D eigenvalue weighted by Crippen LogP contribution is -2.00. The highest BCUT2D eigenvalue weighted by Gasteiger charge is 2.00. The van der Waals surface area contributed by atoms with Gasteiger partial charge in [-0.15, -0.1) is 0 Å². The zero-order chi connectivity index (χ0) is 9.97. The summed E-state index contributed by atoms with van der Waals surface area (Å²) < 4.78 is 1.69. The van der Waals surface area contributed by atoms with Crippen molar-refractivity contribution in [2.24, 2.45) is 0 Å². The van der Waals surface area contributed by atoms with Gasteiger partial charge >= 0.3 is 0 Å². The number of anilines is 1. The van der Waals surface area contributed by atoms with Gasteiger partial charge in [0.15, 0.2) is 0 Å². The van der Waals surface area contributed by atoms with Gasteiger partial charge in [0.05, 0.1) is 5.69 Å². The molecule has 0 aliphatic carbocycles. The van der Waals surface area contributed by atoms with Crippen LogP contribution in [0.4, 0.5) is 5.82 Å². The second-order valence-electron chi connectivity index (χ2n) is 2.69. The Balaban J connectivity index is 2.43. The van der Waals surface area contributed by atoms with Crippen LogP contribution >= 0.6 is 0 Å². The monoisotopic (exact) mass is 187 g/mol. The number of rotatable bonds is 2. The van der Waals surface area contributed by atoms with Crippen LogP contribution in [0.5, 0.6) is 0 Å². The second-order valence-corrected chi connectivity index (χ2v) is 2.69. The van der Waals surface area contributed by atoms with Crippen molar-refractivity contribution in [1.29, 1.82) is 0 Å². The smallest absolute Gasteiger partial charge is 0.236 e. The molecule has 0 aliphatic heterocycles. The van der Waals surface area contributed by atoms with E-state index < -0.39 is 0 Å². The van der Waals surface area contributed by atoms with Crippen LogP contribution in [0, 0.1) is 0 Å².